The normalized spacial score (nSPS) is 10.2. The predicted octanol–water partition coefficient (Wildman–Crippen LogP) is 3.70. The molecule has 0 saturated carbocycles. The largest absolute Gasteiger partial charge is 0.496 e. The summed E-state index contributed by atoms with van der Waals surface area (Å²) < 4.78 is 5.21. The summed E-state index contributed by atoms with van der Waals surface area (Å²) in [7, 11) is 1.53. The monoisotopic (exact) mass is 400 g/mol. The topological polar surface area (TPSA) is 67.4 Å². The van der Waals surface area contributed by atoms with Crippen LogP contribution in [0.4, 0.5) is 0 Å². The van der Waals surface area contributed by atoms with E-state index >= 15 is 0 Å². The van der Waals surface area contributed by atoms with Crippen molar-refractivity contribution < 1.29 is 14.3 Å². The van der Waals surface area contributed by atoms with Crippen molar-refractivity contribution in [2.45, 2.75) is 6.54 Å². The number of methoxy groups -OCH3 is 1. The lowest BCUT2D eigenvalue weighted by Gasteiger charge is -2.11. The Kier molecular flexibility index (Phi) is 6.93. The zero-order valence-corrected chi connectivity index (χ0v) is 15.5. The molecular formula is C17H15Cl3N2O3. The Hall–Kier alpha value is -1.95. The number of halogens is 3. The Morgan fingerprint density at radius 2 is 1.76 bits per heavy atom. The maximum Gasteiger partial charge on any atom is 0.251 e. The standard InChI is InChI=1S/C17H15Cl3N2O3/c1-25-15-5-3-12(18)6-11(15)8-21-16(23)9-22-17(24)10-2-4-13(19)14(20)7-10/h2-7H,8-9H2,1H3,(H,21,23)(H,22,24). The molecule has 2 aromatic carbocycles. The molecule has 0 spiro atoms. The molecule has 0 heterocycles. The number of rotatable bonds is 6. The highest BCUT2D eigenvalue weighted by Crippen LogP contribution is 2.23. The maximum absolute atomic E-state index is 12.0. The second kappa shape index (κ2) is 8.94. The highest BCUT2D eigenvalue weighted by Gasteiger charge is 2.11. The van der Waals surface area contributed by atoms with Crippen molar-refractivity contribution in [3.05, 3.63) is 62.6 Å². The van der Waals surface area contributed by atoms with Gasteiger partial charge in [-0.1, -0.05) is 34.8 Å². The van der Waals surface area contributed by atoms with Crippen molar-refractivity contribution in [2.24, 2.45) is 0 Å². The van der Waals surface area contributed by atoms with E-state index in [1.807, 2.05) is 0 Å². The van der Waals surface area contributed by atoms with E-state index in [0.29, 0.717) is 21.4 Å². The van der Waals surface area contributed by atoms with Crippen LogP contribution in [-0.2, 0) is 11.3 Å². The van der Waals surface area contributed by atoms with Gasteiger partial charge in [-0.25, -0.2) is 0 Å². The van der Waals surface area contributed by atoms with Crippen molar-refractivity contribution in [1.82, 2.24) is 10.6 Å². The zero-order chi connectivity index (χ0) is 18.4. The lowest BCUT2D eigenvalue weighted by atomic mass is 10.2. The predicted molar refractivity (Wildman–Crippen MR) is 98.6 cm³/mol. The highest BCUT2D eigenvalue weighted by atomic mass is 35.5. The Morgan fingerprint density at radius 3 is 2.44 bits per heavy atom. The van der Waals surface area contributed by atoms with Gasteiger partial charge in [-0.05, 0) is 36.4 Å². The van der Waals surface area contributed by atoms with Crippen LogP contribution >= 0.6 is 34.8 Å². The fraction of sp³-hybridized carbons (Fsp3) is 0.176. The molecule has 0 radical (unpaired) electrons. The van der Waals surface area contributed by atoms with Crippen LogP contribution in [-0.4, -0.2) is 25.5 Å². The van der Waals surface area contributed by atoms with Gasteiger partial charge in [0.15, 0.2) is 0 Å². The minimum Gasteiger partial charge on any atom is -0.496 e. The number of benzene rings is 2. The Labute approximate surface area is 160 Å². The minimum atomic E-state index is -0.422. The highest BCUT2D eigenvalue weighted by molar-refractivity contribution is 6.42. The van der Waals surface area contributed by atoms with Gasteiger partial charge in [-0.2, -0.15) is 0 Å². The van der Waals surface area contributed by atoms with Gasteiger partial charge in [0.25, 0.3) is 5.91 Å². The molecule has 0 aliphatic carbocycles. The fourth-order valence-corrected chi connectivity index (χ4v) is 2.53. The first-order chi connectivity index (χ1) is 11.9. The van der Waals surface area contributed by atoms with E-state index in [4.69, 9.17) is 39.5 Å². The number of hydrogen-bond donors (Lipinski definition) is 2. The van der Waals surface area contributed by atoms with Crippen LogP contribution in [0.5, 0.6) is 5.75 Å². The molecule has 132 valence electrons. The number of amides is 2. The Balaban J connectivity index is 1.87. The molecule has 0 atom stereocenters. The Morgan fingerprint density at radius 1 is 1.00 bits per heavy atom. The molecule has 25 heavy (non-hydrogen) atoms. The second-order valence-electron chi connectivity index (χ2n) is 5.04. The summed E-state index contributed by atoms with van der Waals surface area (Å²) >= 11 is 17.6. The first-order valence-electron chi connectivity index (χ1n) is 7.23. The number of ether oxygens (including phenoxy) is 1. The van der Waals surface area contributed by atoms with E-state index in [9.17, 15) is 9.59 Å². The number of hydrogen-bond acceptors (Lipinski definition) is 3. The van der Waals surface area contributed by atoms with Gasteiger partial charge in [0.2, 0.25) is 5.91 Å². The molecule has 0 bridgehead atoms. The summed E-state index contributed by atoms with van der Waals surface area (Å²) in [5, 5.41) is 6.36. The van der Waals surface area contributed by atoms with Crippen LogP contribution in [0.1, 0.15) is 15.9 Å². The van der Waals surface area contributed by atoms with E-state index in [-0.39, 0.29) is 24.0 Å². The summed E-state index contributed by atoms with van der Waals surface area (Å²) in [6.45, 7) is 0.0488. The molecule has 0 unspecified atom stereocenters. The zero-order valence-electron chi connectivity index (χ0n) is 13.2. The van der Waals surface area contributed by atoms with Crippen molar-refractivity contribution in [3.63, 3.8) is 0 Å². The third-order valence-corrected chi connectivity index (χ3v) is 4.28. The van der Waals surface area contributed by atoms with Crippen LogP contribution in [0.15, 0.2) is 36.4 Å². The minimum absolute atomic E-state index is 0.179. The molecule has 2 amide bonds. The summed E-state index contributed by atoms with van der Waals surface area (Å²) in [4.78, 5) is 23.9. The van der Waals surface area contributed by atoms with Crippen LogP contribution in [0.25, 0.3) is 0 Å². The molecule has 2 N–H and O–H groups in total. The number of carbonyl (C=O) groups is 2. The van der Waals surface area contributed by atoms with E-state index in [2.05, 4.69) is 10.6 Å². The first-order valence-corrected chi connectivity index (χ1v) is 8.36. The van der Waals surface area contributed by atoms with Crippen LogP contribution < -0.4 is 15.4 Å². The van der Waals surface area contributed by atoms with Gasteiger partial charge >= 0.3 is 0 Å². The molecule has 8 heteroatoms. The molecule has 2 rings (SSSR count). The smallest absolute Gasteiger partial charge is 0.251 e. The molecule has 0 aliphatic rings. The summed E-state index contributed by atoms with van der Waals surface area (Å²) in [6.07, 6.45) is 0. The molecule has 0 fully saturated rings. The van der Waals surface area contributed by atoms with Gasteiger partial charge < -0.3 is 15.4 Å². The average Bonchev–Trinajstić information content (AvgIpc) is 2.60. The van der Waals surface area contributed by atoms with Crippen molar-refractivity contribution in [3.8, 4) is 5.75 Å². The molecule has 5 nitrogen and oxygen atoms in total. The van der Waals surface area contributed by atoms with Crippen molar-refractivity contribution in [1.29, 1.82) is 0 Å². The SMILES string of the molecule is COc1ccc(Cl)cc1CNC(=O)CNC(=O)c1ccc(Cl)c(Cl)c1. The number of carbonyl (C=O) groups excluding carboxylic acids is 2. The number of nitrogens with one attached hydrogen (secondary N) is 2. The lowest BCUT2D eigenvalue weighted by Crippen LogP contribution is -2.36. The van der Waals surface area contributed by atoms with Gasteiger partial charge in [0.05, 0.1) is 23.7 Å². The quantitative estimate of drug-likeness (QED) is 0.775. The van der Waals surface area contributed by atoms with Gasteiger partial charge in [0, 0.05) is 22.7 Å². The summed E-state index contributed by atoms with van der Waals surface area (Å²) in [5.74, 6) is -0.158. The van der Waals surface area contributed by atoms with Crippen molar-refractivity contribution >= 4 is 46.6 Å². The average molecular weight is 402 g/mol. The van der Waals surface area contributed by atoms with E-state index in [1.165, 1.54) is 25.3 Å². The van der Waals surface area contributed by atoms with Crippen LogP contribution in [0, 0.1) is 0 Å². The van der Waals surface area contributed by atoms with Gasteiger partial charge in [-0.3, -0.25) is 9.59 Å². The molecule has 0 aliphatic heterocycles. The third-order valence-electron chi connectivity index (χ3n) is 3.31. The van der Waals surface area contributed by atoms with Crippen LogP contribution in [0.2, 0.25) is 15.1 Å². The fourth-order valence-electron chi connectivity index (χ4n) is 2.04. The molecule has 0 saturated heterocycles. The molecule has 0 aromatic heterocycles. The summed E-state index contributed by atoms with van der Waals surface area (Å²) in [6, 6.07) is 9.60. The van der Waals surface area contributed by atoms with Gasteiger partial charge in [-0.15, -0.1) is 0 Å². The van der Waals surface area contributed by atoms with Crippen LogP contribution in [0.3, 0.4) is 0 Å². The Bertz CT molecular complexity index is 797. The van der Waals surface area contributed by atoms with E-state index in [0.717, 1.165) is 5.56 Å². The molecular weight excluding hydrogens is 387 g/mol. The van der Waals surface area contributed by atoms with Gasteiger partial charge in [0.1, 0.15) is 5.75 Å². The summed E-state index contributed by atoms with van der Waals surface area (Å²) in [5.41, 5.74) is 1.05. The van der Waals surface area contributed by atoms with Crippen molar-refractivity contribution in [2.75, 3.05) is 13.7 Å². The maximum atomic E-state index is 12.0. The molecule has 2 aromatic rings. The lowest BCUT2D eigenvalue weighted by molar-refractivity contribution is -0.120. The van der Waals surface area contributed by atoms with E-state index in [1.54, 1.807) is 18.2 Å². The van der Waals surface area contributed by atoms with E-state index < -0.39 is 5.91 Å². The second-order valence-corrected chi connectivity index (χ2v) is 6.30. The third kappa shape index (κ3) is 5.53. The first kappa shape index (κ1) is 19.4.